The van der Waals surface area contributed by atoms with Gasteiger partial charge in [-0.15, -0.1) is 12.1 Å². The standard InChI is InChI=1S/C51H36N3O2.Pt/c1-31-14-11-19-35(26-31)38-21-13-22-40(50(38)55)43-29-36(47-32(2)15-12-16-33(47)3)30-44(52-43)42-28-37(27-41-39-20-7-8-23-45(39)56-51(41)42)48-49(34-17-5-4-6-18-34)54-25-10-9-24-46(54)53-48;/h4-27,29-30,55H,1-3H3;/q-1;. The predicted molar refractivity (Wildman–Crippen MR) is 228 cm³/mol. The first-order valence-corrected chi connectivity index (χ1v) is 18.8. The van der Waals surface area contributed by atoms with Crippen molar-refractivity contribution in [2.45, 2.75) is 20.8 Å². The average molecular weight is 918 g/mol. The number of pyridine rings is 2. The first-order chi connectivity index (χ1) is 27.4. The van der Waals surface area contributed by atoms with Crippen LogP contribution in [0.5, 0.6) is 5.75 Å². The van der Waals surface area contributed by atoms with Gasteiger partial charge in [-0.1, -0.05) is 132 Å². The van der Waals surface area contributed by atoms with Gasteiger partial charge in [0, 0.05) is 60.9 Å². The molecule has 0 aliphatic carbocycles. The number of phenolic OH excluding ortho intramolecular Hbond substituents is 1. The smallest absolute Gasteiger partial charge is 0.132 e. The number of rotatable bonds is 6. The largest absolute Gasteiger partial charge is 0.507 e. The van der Waals surface area contributed by atoms with Gasteiger partial charge in [-0.05, 0) is 89.9 Å². The first-order valence-electron chi connectivity index (χ1n) is 18.8. The predicted octanol–water partition coefficient (Wildman–Crippen LogP) is 13.1. The van der Waals surface area contributed by atoms with Crippen LogP contribution in [0.4, 0.5) is 0 Å². The molecule has 0 unspecified atom stereocenters. The van der Waals surface area contributed by atoms with E-state index in [2.05, 4.69) is 116 Å². The number of benzene rings is 6. The number of fused-ring (bicyclic) bond motifs is 4. The summed E-state index contributed by atoms with van der Waals surface area (Å²) < 4.78 is 8.84. The molecule has 6 heteroatoms. The Morgan fingerprint density at radius 2 is 1.30 bits per heavy atom. The Bertz CT molecular complexity index is 3120. The number of hydrogen-bond donors (Lipinski definition) is 1. The summed E-state index contributed by atoms with van der Waals surface area (Å²) in [6.45, 7) is 6.33. The maximum atomic E-state index is 12.0. The maximum absolute atomic E-state index is 12.0. The number of phenols is 1. The second-order valence-electron chi connectivity index (χ2n) is 14.5. The molecule has 278 valence electrons. The van der Waals surface area contributed by atoms with E-state index in [0.717, 1.165) is 83.5 Å². The molecule has 5 nitrogen and oxygen atoms in total. The van der Waals surface area contributed by atoms with Crippen molar-refractivity contribution >= 4 is 27.6 Å². The van der Waals surface area contributed by atoms with Crippen LogP contribution in [0.3, 0.4) is 0 Å². The van der Waals surface area contributed by atoms with Gasteiger partial charge >= 0.3 is 0 Å². The summed E-state index contributed by atoms with van der Waals surface area (Å²) >= 11 is 0. The molecule has 0 bridgehead atoms. The van der Waals surface area contributed by atoms with Crippen molar-refractivity contribution in [3.63, 3.8) is 0 Å². The summed E-state index contributed by atoms with van der Waals surface area (Å²) in [4.78, 5) is 10.6. The minimum atomic E-state index is 0. The van der Waals surface area contributed by atoms with Crippen molar-refractivity contribution in [3.05, 3.63) is 181 Å². The Hall–Kier alpha value is -6.55. The van der Waals surface area contributed by atoms with Crippen LogP contribution in [0, 0.1) is 26.8 Å². The summed E-state index contributed by atoms with van der Waals surface area (Å²) in [5, 5.41) is 14.0. The molecule has 0 spiro atoms. The van der Waals surface area contributed by atoms with E-state index in [1.807, 2.05) is 72.8 Å². The minimum Gasteiger partial charge on any atom is -0.507 e. The summed E-state index contributed by atoms with van der Waals surface area (Å²) in [5.74, 6) is 0.180. The fourth-order valence-electron chi connectivity index (χ4n) is 8.14. The number of furan rings is 1. The van der Waals surface area contributed by atoms with Crippen molar-refractivity contribution in [2.75, 3.05) is 0 Å². The van der Waals surface area contributed by atoms with Crippen LogP contribution in [0.2, 0.25) is 0 Å². The number of aromatic hydroxyl groups is 1. The third-order valence-electron chi connectivity index (χ3n) is 10.7. The van der Waals surface area contributed by atoms with Gasteiger partial charge in [0.1, 0.15) is 17.0 Å². The van der Waals surface area contributed by atoms with Crippen molar-refractivity contribution in [1.82, 2.24) is 14.4 Å². The number of aromatic nitrogens is 3. The zero-order valence-corrected chi connectivity index (χ0v) is 33.8. The number of imidazole rings is 1. The Kier molecular flexibility index (Phi) is 9.19. The fraction of sp³-hybridized carbons (Fsp3) is 0.0588. The number of para-hydroxylation sites is 2. The average Bonchev–Trinajstić information content (AvgIpc) is 3.80. The third kappa shape index (κ3) is 6.25. The van der Waals surface area contributed by atoms with E-state index in [-0.39, 0.29) is 26.8 Å². The molecule has 0 aliphatic rings. The number of nitrogens with zero attached hydrogens (tertiary/aromatic N) is 3. The zero-order valence-electron chi connectivity index (χ0n) is 31.5. The third-order valence-corrected chi connectivity index (χ3v) is 10.7. The molecule has 6 aromatic carbocycles. The van der Waals surface area contributed by atoms with Crippen LogP contribution >= 0.6 is 0 Å². The summed E-state index contributed by atoms with van der Waals surface area (Å²) in [7, 11) is 0. The van der Waals surface area contributed by atoms with Crippen LogP contribution in [-0.2, 0) is 21.1 Å². The summed E-state index contributed by atoms with van der Waals surface area (Å²) in [5.41, 5.74) is 15.9. The van der Waals surface area contributed by atoms with Gasteiger partial charge in [0.15, 0.2) is 0 Å². The monoisotopic (exact) mass is 917 g/mol. The molecular weight excluding hydrogens is 882 g/mol. The van der Waals surface area contributed by atoms with Crippen LogP contribution < -0.4 is 0 Å². The van der Waals surface area contributed by atoms with E-state index in [1.165, 1.54) is 0 Å². The molecule has 0 aliphatic heterocycles. The quantitative estimate of drug-likeness (QED) is 0.169. The Labute approximate surface area is 345 Å². The first kappa shape index (κ1) is 36.1. The summed E-state index contributed by atoms with van der Waals surface area (Å²) in [6, 6.07) is 55.2. The molecule has 0 atom stereocenters. The van der Waals surface area contributed by atoms with Crippen molar-refractivity contribution < 1.29 is 30.6 Å². The second kappa shape index (κ2) is 14.5. The number of hydrogen-bond acceptors (Lipinski definition) is 4. The van der Waals surface area contributed by atoms with Gasteiger partial charge in [-0.3, -0.25) is 9.97 Å². The molecule has 0 fully saturated rings. The second-order valence-corrected chi connectivity index (χ2v) is 14.5. The van der Waals surface area contributed by atoms with Crippen molar-refractivity contribution in [2.24, 2.45) is 0 Å². The zero-order chi connectivity index (χ0) is 37.9. The Morgan fingerprint density at radius 3 is 2.12 bits per heavy atom. The molecule has 0 saturated heterocycles. The molecule has 0 amide bonds. The van der Waals surface area contributed by atoms with Gasteiger partial charge < -0.3 is 13.9 Å². The Morgan fingerprint density at radius 1 is 0.596 bits per heavy atom. The van der Waals surface area contributed by atoms with Gasteiger partial charge in [0.05, 0.1) is 11.3 Å². The van der Waals surface area contributed by atoms with E-state index >= 15 is 0 Å². The van der Waals surface area contributed by atoms with Crippen LogP contribution in [0.1, 0.15) is 16.7 Å². The molecule has 57 heavy (non-hydrogen) atoms. The topological polar surface area (TPSA) is 63.6 Å². The molecule has 4 heterocycles. The fourth-order valence-corrected chi connectivity index (χ4v) is 8.14. The summed E-state index contributed by atoms with van der Waals surface area (Å²) in [6.07, 6.45) is 2.06. The van der Waals surface area contributed by atoms with Crippen LogP contribution in [-0.4, -0.2) is 19.5 Å². The molecule has 4 aromatic heterocycles. The SMILES string of the molecule is Cc1cccc(-c2cccc(-c3cc(-c4c(C)cccc4C)cc(-c4[c-]c(-c5nc6ccccn6c5-c5ccccc5)cc5c4oc4ccccc45)n3)c2O)c1.[Pt]. The van der Waals surface area contributed by atoms with E-state index in [4.69, 9.17) is 14.4 Å². The van der Waals surface area contributed by atoms with Crippen molar-refractivity contribution in [1.29, 1.82) is 0 Å². The van der Waals surface area contributed by atoms with Crippen molar-refractivity contribution in [3.8, 4) is 73.0 Å². The van der Waals surface area contributed by atoms with Gasteiger partial charge in [-0.2, -0.15) is 0 Å². The molecular formula is C51H36N3O2Pt-. The molecule has 1 N–H and O–H groups in total. The van der Waals surface area contributed by atoms with Gasteiger partial charge in [-0.25, -0.2) is 0 Å². The number of aryl methyl sites for hydroxylation is 3. The molecule has 0 saturated carbocycles. The molecule has 10 rings (SSSR count). The van der Waals surface area contributed by atoms with E-state index in [9.17, 15) is 5.11 Å². The molecule has 0 radical (unpaired) electrons. The normalized spacial score (nSPS) is 11.4. The molecule has 10 aromatic rings. The van der Waals surface area contributed by atoms with Crippen LogP contribution in [0.25, 0.3) is 94.9 Å². The van der Waals surface area contributed by atoms with Gasteiger partial charge in [0.25, 0.3) is 0 Å². The minimum absolute atomic E-state index is 0. The Balaban J connectivity index is 0.00000422. The van der Waals surface area contributed by atoms with Crippen LogP contribution in [0.15, 0.2) is 162 Å². The van der Waals surface area contributed by atoms with E-state index in [1.54, 1.807) is 0 Å². The maximum Gasteiger partial charge on any atom is 0.132 e. The van der Waals surface area contributed by atoms with Gasteiger partial charge in [0.2, 0.25) is 0 Å². The van der Waals surface area contributed by atoms with E-state index in [0.29, 0.717) is 28.1 Å². The van der Waals surface area contributed by atoms with E-state index < -0.39 is 0 Å².